The molecular formula is C19H23NO6. The van der Waals surface area contributed by atoms with Crippen LogP contribution < -0.4 is 4.74 Å². The van der Waals surface area contributed by atoms with Gasteiger partial charge in [-0.1, -0.05) is 12.1 Å². The van der Waals surface area contributed by atoms with Crippen molar-refractivity contribution in [3.05, 3.63) is 40.6 Å². The van der Waals surface area contributed by atoms with Crippen molar-refractivity contribution in [1.29, 1.82) is 0 Å². The molecular weight excluding hydrogens is 338 g/mol. The number of amides is 1. The molecule has 0 aliphatic carbocycles. The zero-order valence-electron chi connectivity index (χ0n) is 15.4. The molecule has 1 aliphatic heterocycles. The van der Waals surface area contributed by atoms with Gasteiger partial charge in [0.05, 0.1) is 25.4 Å². The maximum atomic E-state index is 12.9. The molecule has 1 N–H and O–H groups in total. The fourth-order valence-electron chi connectivity index (χ4n) is 2.84. The number of ether oxygens (including phenoxy) is 3. The Morgan fingerprint density at radius 3 is 2.62 bits per heavy atom. The first-order valence-electron chi connectivity index (χ1n) is 8.14. The number of esters is 1. The monoisotopic (exact) mass is 361 g/mol. The Morgan fingerprint density at radius 2 is 2.00 bits per heavy atom. The lowest BCUT2D eigenvalue weighted by Gasteiger charge is -2.17. The quantitative estimate of drug-likeness (QED) is 0.455. The first-order valence-corrected chi connectivity index (χ1v) is 8.14. The zero-order chi connectivity index (χ0) is 19.3. The highest BCUT2D eigenvalue weighted by Crippen LogP contribution is 2.35. The van der Waals surface area contributed by atoms with E-state index in [1.54, 1.807) is 32.2 Å². The summed E-state index contributed by atoms with van der Waals surface area (Å²) in [7, 11) is 4.29. The highest BCUT2D eigenvalue weighted by atomic mass is 16.5. The summed E-state index contributed by atoms with van der Waals surface area (Å²) in [6, 6.07) is 4.93. The van der Waals surface area contributed by atoms with Gasteiger partial charge in [-0.05, 0) is 25.5 Å². The predicted molar refractivity (Wildman–Crippen MR) is 95.6 cm³/mol. The van der Waals surface area contributed by atoms with Crippen molar-refractivity contribution in [3.8, 4) is 11.5 Å². The van der Waals surface area contributed by atoms with Crippen molar-refractivity contribution >= 4 is 18.0 Å². The summed E-state index contributed by atoms with van der Waals surface area (Å²) in [6.07, 6.45) is 2.11. The fraction of sp³-hybridized carbons (Fsp3) is 0.368. The molecule has 0 saturated carbocycles. The summed E-state index contributed by atoms with van der Waals surface area (Å²) in [5.74, 6) is -0.739. The highest BCUT2D eigenvalue weighted by molar-refractivity contribution is 6.16. The smallest absolute Gasteiger partial charge is 0.340 e. The second-order valence-corrected chi connectivity index (χ2v) is 5.71. The van der Waals surface area contributed by atoms with Crippen molar-refractivity contribution < 1.29 is 28.9 Å². The van der Waals surface area contributed by atoms with Crippen LogP contribution in [0, 0.1) is 0 Å². The number of carbonyl (C=O) groups excluding carboxylic acids is 2. The maximum Gasteiger partial charge on any atom is 0.340 e. The van der Waals surface area contributed by atoms with Crippen LogP contribution in [0.4, 0.5) is 0 Å². The van der Waals surface area contributed by atoms with Gasteiger partial charge in [0, 0.05) is 31.5 Å². The molecule has 0 spiro atoms. The molecule has 1 aromatic rings. The zero-order valence-corrected chi connectivity index (χ0v) is 15.4. The minimum Gasteiger partial charge on any atom is -0.504 e. The largest absolute Gasteiger partial charge is 0.504 e. The van der Waals surface area contributed by atoms with Crippen molar-refractivity contribution in [2.24, 2.45) is 0 Å². The topological polar surface area (TPSA) is 85.3 Å². The highest BCUT2D eigenvalue weighted by Gasteiger charge is 2.36. The van der Waals surface area contributed by atoms with E-state index in [1.807, 2.05) is 0 Å². The van der Waals surface area contributed by atoms with Gasteiger partial charge in [-0.2, -0.15) is 0 Å². The van der Waals surface area contributed by atoms with Crippen molar-refractivity contribution in [3.63, 3.8) is 0 Å². The first kappa shape index (κ1) is 19.5. The summed E-state index contributed by atoms with van der Waals surface area (Å²) >= 11 is 0. The Kier molecular flexibility index (Phi) is 6.41. The summed E-state index contributed by atoms with van der Waals surface area (Å²) in [5.41, 5.74) is 1.26. The van der Waals surface area contributed by atoms with Crippen LogP contribution in [-0.4, -0.2) is 56.4 Å². The first-order chi connectivity index (χ1) is 12.5. The number of hydrogen-bond acceptors (Lipinski definition) is 6. The van der Waals surface area contributed by atoms with Gasteiger partial charge < -0.3 is 24.2 Å². The molecule has 0 aromatic heterocycles. The number of hydrogen-bond donors (Lipinski definition) is 1. The number of methoxy groups -OCH3 is 3. The van der Waals surface area contributed by atoms with Gasteiger partial charge in [0.2, 0.25) is 0 Å². The van der Waals surface area contributed by atoms with Crippen LogP contribution in [0.5, 0.6) is 11.5 Å². The average Bonchev–Trinajstić information content (AvgIpc) is 2.87. The third-order valence-electron chi connectivity index (χ3n) is 4.18. The van der Waals surface area contributed by atoms with Crippen LogP contribution in [-0.2, 0) is 19.1 Å². The van der Waals surface area contributed by atoms with Gasteiger partial charge in [0.1, 0.15) is 0 Å². The predicted octanol–water partition coefficient (Wildman–Crippen LogP) is 2.11. The fourth-order valence-corrected chi connectivity index (χ4v) is 2.84. The summed E-state index contributed by atoms with van der Waals surface area (Å²) in [6.45, 7) is 2.62. The summed E-state index contributed by atoms with van der Waals surface area (Å²) in [4.78, 5) is 26.6. The molecule has 26 heavy (non-hydrogen) atoms. The van der Waals surface area contributed by atoms with Crippen molar-refractivity contribution in [2.45, 2.75) is 13.3 Å². The maximum absolute atomic E-state index is 12.9. The molecule has 140 valence electrons. The van der Waals surface area contributed by atoms with Crippen molar-refractivity contribution in [1.82, 2.24) is 4.90 Å². The second-order valence-electron chi connectivity index (χ2n) is 5.71. The lowest BCUT2D eigenvalue weighted by atomic mass is 10.0. The molecule has 1 aliphatic rings. The molecule has 0 radical (unpaired) electrons. The summed E-state index contributed by atoms with van der Waals surface area (Å²) in [5, 5.41) is 10.3. The molecule has 7 nitrogen and oxygen atoms in total. The summed E-state index contributed by atoms with van der Waals surface area (Å²) < 4.78 is 15.0. The number of carbonyl (C=O) groups is 2. The lowest BCUT2D eigenvalue weighted by Crippen LogP contribution is -2.26. The third-order valence-corrected chi connectivity index (χ3v) is 4.18. The van der Waals surface area contributed by atoms with E-state index in [-0.39, 0.29) is 28.6 Å². The normalized spacial score (nSPS) is 15.8. The minimum atomic E-state index is -0.598. The van der Waals surface area contributed by atoms with Crippen LogP contribution in [0.25, 0.3) is 6.08 Å². The molecule has 0 unspecified atom stereocenters. The number of nitrogens with zero attached hydrogens (tertiary/aromatic N) is 1. The molecule has 7 heteroatoms. The van der Waals surface area contributed by atoms with Crippen molar-refractivity contribution in [2.75, 3.05) is 34.5 Å². The number of rotatable bonds is 7. The van der Waals surface area contributed by atoms with Crippen LogP contribution in [0.1, 0.15) is 18.9 Å². The van der Waals surface area contributed by atoms with Gasteiger partial charge in [-0.15, -0.1) is 0 Å². The molecule has 1 amide bonds. The Balaban J connectivity index is 2.48. The van der Waals surface area contributed by atoms with E-state index in [2.05, 4.69) is 0 Å². The van der Waals surface area contributed by atoms with E-state index in [0.29, 0.717) is 30.8 Å². The van der Waals surface area contributed by atoms with E-state index in [0.717, 1.165) is 0 Å². The molecule has 1 aromatic carbocycles. The number of para-hydroxylation sites is 1. The Hall–Kier alpha value is -2.80. The second kappa shape index (κ2) is 8.53. The number of phenolic OH excluding ortho intramolecular Hbond substituents is 1. The lowest BCUT2D eigenvalue weighted by molar-refractivity contribution is -0.136. The van der Waals surface area contributed by atoms with Gasteiger partial charge in [-0.3, -0.25) is 4.79 Å². The van der Waals surface area contributed by atoms with Crippen LogP contribution in [0.15, 0.2) is 35.0 Å². The number of benzene rings is 1. The standard InChI is InChI=1S/C19H23NO6/c1-12-16(19(23)26-4)14(18(22)20(12)9-6-10-24-2)11-13-7-5-8-15(25-3)17(13)21/h5,7-8,11,21H,6,9-10H2,1-4H3/b14-11-. The SMILES string of the molecule is COCCCN1C(=O)/C(=C\c2cccc(OC)c2O)C(C(=O)OC)=C1C. The molecule has 0 atom stereocenters. The van der Waals surface area contributed by atoms with E-state index in [4.69, 9.17) is 14.2 Å². The van der Waals surface area contributed by atoms with Gasteiger partial charge in [-0.25, -0.2) is 4.79 Å². The number of phenols is 1. The van der Waals surface area contributed by atoms with E-state index < -0.39 is 5.97 Å². The van der Waals surface area contributed by atoms with Gasteiger partial charge >= 0.3 is 5.97 Å². The Bertz CT molecular complexity index is 765. The average molecular weight is 361 g/mol. The molecule has 2 rings (SSSR count). The molecule has 0 saturated heterocycles. The molecule has 0 bridgehead atoms. The van der Waals surface area contributed by atoms with Crippen LogP contribution in [0.2, 0.25) is 0 Å². The van der Waals surface area contributed by atoms with Gasteiger partial charge in [0.15, 0.2) is 11.5 Å². The number of aromatic hydroxyl groups is 1. The molecule has 1 heterocycles. The van der Waals surface area contributed by atoms with Gasteiger partial charge in [0.25, 0.3) is 5.91 Å². The van der Waals surface area contributed by atoms with E-state index >= 15 is 0 Å². The Labute approximate surface area is 152 Å². The van der Waals surface area contributed by atoms with E-state index in [9.17, 15) is 14.7 Å². The van der Waals surface area contributed by atoms with E-state index in [1.165, 1.54) is 25.2 Å². The van der Waals surface area contributed by atoms with Crippen LogP contribution >= 0.6 is 0 Å². The Morgan fingerprint density at radius 1 is 1.27 bits per heavy atom. The number of allylic oxidation sites excluding steroid dienone is 1. The third kappa shape index (κ3) is 3.72. The molecule has 0 fully saturated rings. The minimum absolute atomic E-state index is 0.102. The van der Waals surface area contributed by atoms with Crippen LogP contribution in [0.3, 0.4) is 0 Å².